The van der Waals surface area contributed by atoms with Crippen molar-refractivity contribution in [1.82, 2.24) is 10.2 Å². The molecule has 0 amide bonds. The van der Waals surface area contributed by atoms with Gasteiger partial charge >= 0.3 is 0 Å². The van der Waals surface area contributed by atoms with E-state index in [2.05, 4.69) is 48.3 Å². The summed E-state index contributed by atoms with van der Waals surface area (Å²) in [6, 6.07) is 10.6. The molecule has 3 nitrogen and oxygen atoms in total. The molecule has 0 saturated heterocycles. The van der Waals surface area contributed by atoms with Gasteiger partial charge in [0, 0.05) is 12.7 Å². The van der Waals surface area contributed by atoms with Crippen LogP contribution in [0.4, 0.5) is 0 Å². The molecule has 0 aliphatic heterocycles. The Morgan fingerprint density at radius 3 is 2.50 bits per heavy atom. The van der Waals surface area contributed by atoms with Gasteiger partial charge < -0.3 is 4.42 Å². The number of hydrogen-bond donors (Lipinski definition) is 0. The molecular formula is C14H18N2OS. The van der Waals surface area contributed by atoms with E-state index in [0.717, 1.165) is 11.6 Å². The largest absolute Gasteiger partial charge is 0.424 e. The maximum atomic E-state index is 5.44. The standard InChI is InChI=1S/C14H18N2OS/c1-10(13-7-5-4-6-8-13)9-18-11(2)14-16-15-12(3)17-14/h4-8,10-11H,9H2,1-3H3/t10-,11+/m1/s1. The number of aryl methyl sites for hydroxylation is 1. The minimum Gasteiger partial charge on any atom is -0.424 e. The number of rotatable bonds is 5. The van der Waals surface area contributed by atoms with E-state index in [1.807, 2.05) is 24.8 Å². The Bertz CT molecular complexity index is 484. The number of hydrogen-bond acceptors (Lipinski definition) is 4. The Hall–Kier alpha value is -1.29. The third kappa shape index (κ3) is 3.35. The summed E-state index contributed by atoms with van der Waals surface area (Å²) in [6.45, 7) is 6.17. The SMILES string of the molecule is Cc1nnc([C@H](C)SC[C@@H](C)c2ccccc2)o1. The minimum absolute atomic E-state index is 0.248. The van der Waals surface area contributed by atoms with Crippen LogP contribution in [0.1, 0.15) is 42.4 Å². The molecule has 0 bridgehead atoms. The first kappa shape index (κ1) is 13.1. The van der Waals surface area contributed by atoms with Crippen molar-refractivity contribution < 1.29 is 4.42 Å². The van der Waals surface area contributed by atoms with Gasteiger partial charge in [0.1, 0.15) is 0 Å². The van der Waals surface area contributed by atoms with Crippen molar-refractivity contribution >= 4 is 11.8 Å². The van der Waals surface area contributed by atoms with E-state index >= 15 is 0 Å². The molecule has 1 aromatic heterocycles. The van der Waals surface area contributed by atoms with Gasteiger partial charge in [0.15, 0.2) is 0 Å². The molecule has 0 aliphatic carbocycles. The molecule has 0 N–H and O–H groups in total. The monoisotopic (exact) mass is 262 g/mol. The van der Waals surface area contributed by atoms with Crippen LogP contribution in [0.5, 0.6) is 0 Å². The average molecular weight is 262 g/mol. The fraction of sp³-hybridized carbons (Fsp3) is 0.429. The van der Waals surface area contributed by atoms with Crippen molar-refractivity contribution in [1.29, 1.82) is 0 Å². The molecule has 1 heterocycles. The third-order valence-electron chi connectivity index (χ3n) is 2.85. The van der Waals surface area contributed by atoms with Gasteiger partial charge in [0.25, 0.3) is 0 Å². The second-order valence-corrected chi connectivity index (χ2v) is 5.82. The van der Waals surface area contributed by atoms with Crippen molar-refractivity contribution in [2.45, 2.75) is 31.9 Å². The summed E-state index contributed by atoms with van der Waals surface area (Å²) in [6.07, 6.45) is 0. The van der Waals surface area contributed by atoms with Crippen molar-refractivity contribution in [2.75, 3.05) is 5.75 Å². The summed E-state index contributed by atoms with van der Waals surface area (Å²) < 4.78 is 5.44. The summed E-state index contributed by atoms with van der Waals surface area (Å²) in [4.78, 5) is 0. The fourth-order valence-electron chi connectivity index (χ4n) is 1.71. The fourth-order valence-corrected chi connectivity index (χ4v) is 2.72. The van der Waals surface area contributed by atoms with Crippen molar-refractivity contribution in [2.24, 2.45) is 0 Å². The first-order chi connectivity index (χ1) is 8.66. The normalized spacial score (nSPS) is 14.4. The van der Waals surface area contributed by atoms with Crippen molar-refractivity contribution in [3.63, 3.8) is 0 Å². The van der Waals surface area contributed by atoms with E-state index in [1.54, 1.807) is 0 Å². The smallest absolute Gasteiger partial charge is 0.229 e. The maximum absolute atomic E-state index is 5.44. The molecule has 4 heteroatoms. The van der Waals surface area contributed by atoms with Crippen LogP contribution in [0.2, 0.25) is 0 Å². The molecule has 2 atom stereocenters. The molecule has 96 valence electrons. The number of nitrogens with zero attached hydrogens (tertiary/aromatic N) is 2. The number of thioether (sulfide) groups is 1. The van der Waals surface area contributed by atoms with Gasteiger partial charge in [-0.2, -0.15) is 0 Å². The maximum Gasteiger partial charge on any atom is 0.229 e. The van der Waals surface area contributed by atoms with E-state index in [-0.39, 0.29) is 5.25 Å². The van der Waals surface area contributed by atoms with Crippen molar-refractivity contribution in [3.05, 3.63) is 47.7 Å². The lowest BCUT2D eigenvalue weighted by Crippen LogP contribution is -1.99. The lowest BCUT2D eigenvalue weighted by Gasteiger charge is -2.13. The Labute approximate surface area is 112 Å². The van der Waals surface area contributed by atoms with Gasteiger partial charge in [-0.3, -0.25) is 0 Å². The topological polar surface area (TPSA) is 38.9 Å². The van der Waals surface area contributed by atoms with E-state index in [4.69, 9.17) is 4.42 Å². The highest BCUT2D eigenvalue weighted by Crippen LogP contribution is 2.31. The Morgan fingerprint density at radius 2 is 1.89 bits per heavy atom. The highest BCUT2D eigenvalue weighted by Gasteiger charge is 2.15. The lowest BCUT2D eigenvalue weighted by atomic mass is 10.0. The summed E-state index contributed by atoms with van der Waals surface area (Å²) in [5.41, 5.74) is 1.37. The molecule has 0 fully saturated rings. The Kier molecular flexibility index (Phi) is 4.42. The van der Waals surface area contributed by atoms with Crippen LogP contribution in [-0.4, -0.2) is 16.0 Å². The molecule has 0 unspecified atom stereocenters. The highest BCUT2D eigenvalue weighted by molar-refractivity contribution is 7.99. The van der Waals surface area contributed by atoms with Crippen LogP contribution in [-0.2, 0) is 0 Å². The van der Waals surface area contributed by atoms with Gasteiger partial charge in [0.05, 0.1) is 5.25 Å². The van der Waals surface area contributed by atoms with Crippen LogP contribution >= 0.6 is 11.8 Å². The lowest BCUT2D eigenvalue weighted by molar-refractivity contribution is 0.470. The summed E-state index contributed by atoms with van der Waals surface area (Å²) in [5, 5.41) is 8.17. The van der Waals surface area contributed by atoms with E-state index in [9.17, 15) is 0 Å². The Balaban J connectivity index is 1.88. The van der Waals surface area contributed by atoms with Crippen LogP contribution in [0.3, 0.4) is 0 Å². The van der Waals surface area contributed by atoms with E-state index in [1.165, 1.54) is 5.56 Å². The molecule has 0 radical (unpaired) electrons. The molecule has 2 rings (SSSR count). The Morgan fingerprint density at radius 1 is 1.17 bits per heavy atom. The zero-order valence-corrected chi connectivity index (χ0v) is 11.8. The zero-order chi connectivity index (χ0) is 13.0. The summed E-state index contributed by atoms with van der Waals surface area (Å²) in [7, 11) is 0. The third-order valence-corrected chi connectivity index (χ3v) is 4.25. The molecule has 0 aliphatic rings. The second kappa shape index (κ2) is 6.05. The number of aromatic nitrogens is 2. The zero-order valence-electron chi connectivity index (χ0n) is 11.0. The number of benzene rings is 1. The predicted molar refractivity (Wildman–Crippen MR) is 74.8 cm³/mol. The summed E-state index contributed by atoms with van der Waals surface area (Å²) in [5.74, 6) is 2.93. The van der Waals surface area contributed by atoms with Gasteiger partial charge in [-0.05, 0) is 18.4 Å². The minimum atomic E-state index is 0.248. The van der Waals surface area contributed by atoms with Crippen LogP contribution in [0.15, 0.2) is 34.7 Å². The van der Waals surface area contributed by atoms with Crippen LogP contribution < -0.4 is 0 Å². The molecule has 18 heavy (non-hydrogen) atoms. The molecule has 2 aromatic rings. The first-order valence-corrected chi connectivity index (χ1v) is 7.18. The highest BCUT2D eigenvalue weighted by atomic mass is 32.2. The molecule has 0 saturated carbocycles. The second-order valence-electron chi connectivity index (χ2n) is 4.45. The van der Waals surface area contributed by atoms with Gasteiger partial charge in [-0.1, -0.05) is 37.3 Å². The van der Waals surface area contributed by atoms with E-state index in [0.29, 0.717) is 11.8 Å². The molecular weight excluding hydrogens is 244 g/mol. The molecule has 0 spiro atoms. The van der Waals surface area contributed by atoms with Crippen LogP contribution in [0.25, 0.3) is 0 Å². The van der Waals surface area contributed by atoms with Crippen LogP contribution in [0, 0.1) is 6.92 Å². The molecule has 1 aromatic carbocycles. The predicted octanol–water partition coefficient (Wildman–Crippen LogP) is 3.98. The van der Waals surface area contributed by atoms with Crippen molar-refractivity contribution in [3.8, 4) is 0 Å². The quantitative estimate of drug-likeness (QED) is 0.817. The van der Waals surface area contributed by atoms with Gasteiger partial charge in [-0.15, -0.1) is 22.0 Å². The van der Waals surface area contributed by atoms with E-state index < -0.39 is 0 Å². The first-order valence-electron chi connectivity index (χ1n) is 6.13. The van der Waals surface area contributed by atoms with Gasteiger partial charge in [-0.25, -0.2) is 0 Å². The average Bonchev–Trinajstić information content (AvgIpc) is 2.83. The summed E-state index contributed by atoms with van der Waals surface area (Å²) >= 11 is 1.85. The van der Waals surface area contributed by atoms with Gasteiger partial charge in [0.2, 0.25) is 11.8 Å².